The van der Waals surface area contributed by atoms with Crippen LogP contribution in [0.2, 0.25) is 0 Å². The van der Waals surface area contributed by atoms with Crippen LogP contribution in [0.4, 0.5) is 0 Å². The van der Waals surface area contributed by atoms with Crippen molar-refractivity contribution in [1.82, 2.24) is 0 Å². The fraction of sp³-hybridized carbons (Fsp3) is 0.556. The number of hydrogen-bond acceptors (Lipinski definition) is 3. The molecule has 1 aliphatic rings. The number of ether oxygens (including phenoxy) is 1. The molecule has 1 heterocycles. The molecule has 0 aromatic heterocycles. The molecule has 0 bridgehead atoms. The number of rotatable bonds is 2. The Balaban J connectivity index is 3.02. The van der Waals surface area contributed by atoms with Crippen LogP contribution in [0.5, 0.6) is 0 Å². The lowest BCUT2D eigenvalue weighted by Crippen LogP contribution is -2.25. The van der Waals surface area contributed by atoms with Crippen LogP contribution < -0.4 is 11.5 Å². The summed E-state index contributed by atoms with van der Waals surface area (Å²) in [6.45, 7) is 4.48. The van der Waals surface area contributed by atoms with Crippen LogP contribution in [0.1, 0.15) is 20.3 Å². The second kappa shape index (κ2) is 3.60. The average molecular weight is 203 g/mol. The lowest BCUT2D eigenvalue weighted by molar-refractivity contribution is 0.0316. The van der Waals surface area contributed by atoms with E-state index in [0.717, 1.165) is 12.0 Å². The Kier molecular flexibility index (Phi) is 2.88. The highest BCUT2D eigenvalue weighted by molar-refractivity contribution is 6.29. The van der Waals surface area contributed by atoms with E-state index in [1.807, 2.05) is 13.8 Å². The van der Waals surface area contributed by atoms with Crippen LogP contribution in [0.15, 0.2) is 22.5 Å². The van der Waals surface area contributed by atoms with Gasteiger partial charge in [-0.15, -0.1) is 0 Å². The molecule has 4 N–H and O–H groups in total. The Hall–Kier alpha value is -0.670. The van der Waals surface area contributed by atoms with Crippen LogP contribution in [0.3, 0.4) is 0 Å². The van der Waals surface area contributed by atoms with Gasteiger partial charge in [0.15, 0.2) is 0 Å². The van der Waals surface area contributed by atoms with Gasteiger partial charge in [0.25, 0.3) is 0 Å². The van der Waals surface area contributed by atoms with E-state index in [-0.39, 0.29) is 10.8 Å². The molecule has 0 aromatic rings. The van der Waals surface area contributed by atoms with Gasteiger partial charge in [0, 0.05) is 11.3 Å². The normalized spacial score (nSPS) is 29.9. The monoisotopic (exact) mass is 202 g/mol. The summed E-state index contributed by atoms with van der Waals surface area (Å²) in [5, 5.41) is 0.239. The van der Waals surface area contributed by atoms with Gasteiger partial charge < -0.3 is 16.2 Å². The Morgan fingerprint density at radius 2 is 2.38 bits per heavy atom. The molecule has 13 heavy (non-hydrogen) atoms. The zero-order valence-electron chi connectivity index (χ0n) is 7.93. The first kappa shape index (κ1) is 10.4. The molecule has 0 amide bonds. The van der Waals surface area contributed by atoms with Gasteiger partial charge in [-0.3, -0.25) is 0 Å². The van der Waals surface area contributed by atoms with Gasteiger partial charge in [0.2, 0.25) is 0 Å². The second-order valence-corrected chi connectivity index (χ2v) is 3.78. The van der Waals surface area contributed by atoms with E-state index in [4.69, 9.17) is 27.8 Å². The summed E-state index contributed by atoms with van der Waals surface area (Å²) in [6, 6.07) is 0. The van der Waals surface area contributed by atoms with Gasteiger partial charge in [-0.05, 0) is 19.4 Å². The average Bonchev–Trinajstić information content (AvgIpc) is 2.33. The SMILES string of the molecule is CCC1(C)OCC(N)=C1/C=C(\N)Cl. The first-order valence-corrected chi connectivity index (χ1v) is 4.63. The summed E-state index contributed by atoms with van der Waals surface area (Å²) in [5.41, 5.74) is 12.5. The highest BCUT2D eigenvalue weighted by Crippen LogP contribution is 2.33. The summed E-state index contributed by atoms with van der Waals surface area (Å²) in [4.78, 5) is 0. The van der Waals surface area contributed by atoms with Crippen molar-refractivity contribution in [3.05, 3.63) is 22.5 Å². The van der Waals surface area contributed by atoms with Crippen LogP contribution >= 0.6 is 11.6 Å². The summed E-state index contributed by atoms with van der Waals surface area (Å²) in [7, 11) is 0. The first-order chi connectivity index (χ1) is 5.99. The molecular formula is C9H15ClN2O. The number of nitrogens with two attached hydrogens (primary N) is 2. The smallest absolute Gasteiger partial charge is 0.0996 e. The van der Waals surface area contributed by atoms with Crippen LogP contribution in [0, 0.1) is 0 Å². The zero-order chi connectivity index (χ0) is 10.1. The van der Waals surface area contributed by atoms with Gasteiger partial charge >= 0.3 is 0 Å². The molecule has 0 saturated heterocycles. The molecule has 0 spiro atoms. The Morgan fingerprint density at radius 3 is 2.85 bits per heavy atom. The molecule has 4 heteroatoms. The summed E-state index contributed by atoms with van der Waals surface area (Å²) in [6.07, 6.45) is 2.52. The second-order valence-electron chi connectivity index (χ2n) is 3.34. The van der Waals surface area contributed by atoms with Crippen molar-refractivity contribution in [2.45, 2.75) is 25.9 Å². The molecule has 0 aromatic carbocycles. The molecule has 74 valence electrons. The van der Waals surface area contributed by atoms with Gasteiger partial charge in [-0.1, -0.05) is 18.5 Å². The van der Waals surface area contributed by atoms with E-state index in [2.05, 4.69) is 0 Å². The minimum atomic E-state index is -0.330. The van der Waals surface area contributed by atoms with Crippen molar-refractivity contribution in [3.63, 3.8) is 0 Å². The third-order valence-corrected chi connectivity index (χ3v) is 2.53. The fourth-order valence-corrected chi connectivity index (χ4v) is 1.52. The van der Waals surface area contributed by atoms with E-state index in [0.29, 0.717) is 12.3 Å². The van der Waals surface area contributed by atoms with E-state index < -0.39 is 0 Å². The molecule has 3 nitrogen and oxygen atoms in total. The zero-order valence-corrected chi connectivity index (χ0v) is 8.69. The molecular weight excluding hydrogens is 188 g/mol. The molecule has 0 radical (unpaired) electrons. The standard InChI is InChI=1S/C9H15ClN2O/c1-3-9(2)6(4-8(10)12)7(11)5-13-9/h4H,3,5,11-12H2,1-2H3/b8-4-. The summed E-state index contributed by atoms with van der Waals surface area (Å²) >= 11 is 5.60. The van der Waals surface area contributed by atoms with Crippen molar-refractivity contribution >= 4 is 11.6 Å². The van der Waals surface area contributed by atoms with Gasteiger partial charge in [-0.25, -0.2) is 0 Å². The van der Waals surface area contributed by atoms with Crippen molar-refractivity contribution in [1.29, 1.82) is 0 Å². The van der Waals surface area contributed by atoms with Gasteiger partial charge in [0.1, 0.15) is 0 Å². The number of halogens is 1. The van der Waals surface area contributed by atoms with Crippen molar-refractivity contribution in [2.24, 2.45) is 11.5 Å². The van der Waals surface area contributed by atoms with E-state index >= 15 is 0 Å². The van der Waals surface area contributed by atoms with E-state index in [1.165, 1.54) is 0 Å². The Bertz CT molecular complexity index is 269. The molecule has 1 atom stereocenters. The maximum atomic E-state index is 5.77. The van der Waals surface area contributed by atoms with Gasteiger partial charge in [0.05, 0.1) is 17.4 Å². The summed E-state index contributed by atoms with van der Waals surface area (Å²) < 4.78 is 5.56. The predicted octanol–water partition coefficient (Wildman–Crippen LogP) is 1.44. The van der Waals surface area contributed by atoms with Crippen molar-refractivity contribution in [3.8, 4) is 0 Å². The first-order valence-electron chi connectivity index (χ1n) is 4.25. The molecule has 0 aliphatic carbocycles. The van der Waals surface area contributed by atoms with Crippen LogP contribution in [-0.2, 0) is 4.74 Å². The molecule has 0 saturated carbocycles. The quantitative estimate of drug-likeness (QED) is 0.667. The van der Waals surface area contributed by atoms with Gasteiger partial charge in [-0.2, -0.15) is 0 Å². The molecule has 1 aliphatic heterocycles. The fourth-order valence-electron chi connectivity index (χ4n) is 1.41. The Morgan fingerprint density at radius 1 is 1.77 bits per heavy atom. The lowest BCUT2D eigenvalue weighted by atomic mass is 9.93. The topological polar surface area (TPSA) is 61.3 Å². The summed E-state index contributed by atoms with van der Waals surface area (Å²) in [5.74, 6) is 0. The predicted molar refractivity (Wildman–Crippen MR) is 54.0 cm³/mol. The van der Waals surface area contributed by atoms with E-state index in [9.17, 15) is 0 Å². The Labute approximate surface area is 83.4 Å². The third kappa shape index (κ3) is 1.98. The highest BCUT2D eigenvalue weighted by Gasteiger charge is 2.34. The molecule has 1 unspecified atom stereocenters. The number of hydrogen-bond donors (Lipinski definition) is 2. The van der Waals surface area contributed by atoms with Crippen LogP contribution in [0.25, 0.3) is 0 Å². The largest absolute Gasteiger partial charge is 0.400 e. The van der Waals surface area contributed by atoms with Crippen molar-refractivity contribution < 1.29 is 4.74 Å². The van der Waals surface area contributed by atoms with Crippen LogP contribution in [-0.4, -0.2) is 12.2 Å². The maximum absolute atomic E-state index is 5.77. The van der Waals surface area contributed by atoms with Crippen molar-refractivity contribution in [2.75, 3.05) is 6.61 Å². The third-order valence-electron chi connectivity index (χ3n) is 2.42. The minimum absolute atomic E-state index is 0.239. The lowest BCUT2D eigenvalue weighted by Gasteiger charge is -2.23. The minimum Gasteiger partial charge on any atom is -0.400 e. The molecule has 0 fully saturated rings. The highest BCUT2D eigenvalue weighted by atomic mass is 35.5. The van der Waals surface area contributed by atoms with E-state index in [1.54, 1.807) is 6.08 Å². The maximum Gasteiger partial charge on any atom is 0.0996 e. The molecule has 1 rings (SSSR count).